The lowest BCUT2D eigenvalue weighted by atomic mass is 9.91. The van der Waals surface area contributed by atoms with Crippen LogP contribution in [0.15, 0.2) is 12.7 Å². The van der Waals surface area contributed by atoms with Gasteiger partial charge in [-0.2, -0.15) is 52.7 Å². The summed E-state index contributed by atoms with van der Waals surface area (Å²) in [6, 6.07) is 0. The molecule has 0 fully saturated rings. The second kappa shape index (κ2) is 7.39. The highest BCUT2D eigenvalue weighted by molar-refractivity contribution is 5.81. The molecule has 0 bridgehead atoms. The van der Waals surface area contributed by atoms with Crippen molar-refractivity contribution in [1.82, 2.24) is 0 Å². The summed E-state index contributed by atoms with van der Waals surface area (Å²) >= 11 is 0. The summed E-state index contributed by atoms with van der Waals surface area (Å²) in [6.07, 6.45) is 0.0976. The third-order valence-corrected chi connectivity index (χ3v) is 2.99. The van der Waals surface area contributed by atoms with E-state index in [0.717, 1.165) is 0 Å². The first-order valence-electron chi connectivity index (χ1n) is 6.32. The minimum absolute atomic E-state index is 0.0976. The van der Waals surface area contributed by atoms with Gasteiger partial charge in [-0.1, -0.05) is 6.58 Å². The Balaban J connectivity index is 6.11. The number of carbonyl (C=O) groups excluding carboxylic acids is 1. The summed E-state index contributed by atoms with van der Waals surface area (Å²) in [4.78, 5) is 10.5. The smallest absolute Gasteiger partial charge is 0.384 e. The van der Waals surface area contributed by atoms with Crippen molar-refractivity contribution in [1.29, 1.82) is 0 Å². The molecule has 0 aromatic carbocycles. The first kappa shape index (κ1) is 25.3. The van der Waals surface area contributed by atoms with Crippen molar-refractivity contribution in [2.24, 2.45) is 0 Å². The van der Waals surface area contributed by atoms with Gasteiger partial charge in [-0.25, -0.2) is 4.79 Å². The molecule has 160 valence electrons. The van der Waals surface area contributed by atoms with Gasteiger partial charge in [-0.05, 0) is 0 Å². The van der Waals surface area contributed by atoms with Crippen LogP contribution in [-0.4, -0.2) is 61.8 Å². The third kappa shape index (κ3) is 3.96. The quantitative estimate of drug-likeness (QED) is 0.297. The predicted molar refractivity (Wildman–Crippen MR) is 62.7 cm³/mol. The number of methoxy groups -OCH3 is 1. The molecule has 15 heteroatoms. The molecule has 0 aliphatic heterocycles. The molecule has 0 unspecified atom stereocenters. The van der Waals surface area contributed by atoms with Gasteiger partial charge in [0.05, 0.1) is 0 Å². The van der Waals surface area contributed by atoms with Crippen LogP contribution in [0.25, 0.3) is 0 Å². The summed E-state index contributed by atoms with van der Waals surface area (Å²) in [5.41, 5.74) is 0. The van der Waals surface area contributed by atoms with Crippen LogP contribution in [0.5, 0.6) is 0 Å². The van der Waals surface area contributed by atoms with Gasteiger partial charge in [0.25, 0.3) is 0 Å². The zero-order chi connectivity index (χ0) is 22.1. The van der Waals surface area contributed by atoms with E-state index in [4.69, 9.17) is 0 Å². The van der Waals surface area contributed by atoms with Crippen molar-refractivity contribution in [2.45, 2.75) is 35.5 Å². The summed E-state index contributed by atoms with van der Waals surface area (Å²) in [5.74, 6) is -44.4. The first-order valence-corrected chi connectivity index (χ1v) is 6.32. The Morgan fingerprint density at radius 3 is 1.37 bits per heavy atom. The van der Waals surface area contributed by atoms with Crippen LogP contribution in [0.4, 0.5) is 52.7 Å². The summed E-state index contributed by atoms with van der Waals surface area (Å²) in [6.45, 7) is -2.96. The van der Waals surface area contributed by atoms with Crippen LogP contribution < -0.4 is 0 Å². The standard InChI is InChI=1S/C12H10F12O3/c1-3-6(25)27-5-8(15,16)10(19,20)12(23,24)11(21,22)9(17,18)7(13,14)4-26-2/h3H,1,4-5H2,2H3. The highest BCUT2D eigenvalue weighted by Gasteiger charge is 2.90. The molecule has 0 amide bonds. The number of hydrogen-bond acceptors (Lipinski definition) is 3. The molecular weight excluding hydrogens is 420 g/mol. The van der Waals surface area contributed by atoms with Gasteiger partial charge in [-0.15, -0.1) is 0 Å². The van der Waals surface area contributed by atoms with Gasteiger partial charge in [0.2, 0.25) is 0 Å². The molecule has 0 radical (unpaired) electrons. The molecule has 0 spiro atoms. The maximum absolute atomic E-state index is 13.4. The van der Waals surface area contributed by atoms with E-state index in [1.807, 2.05) is 0 Å². The molecule has 3 nitrogen and oxygen atoms in total. The van der Waals surface area contributed by atoms with E-state index in [9.17, 15) is 57.5 Å². The van der Waals surface area contributed by atoms with Crippen LogP contribution in [0, 0.1) is 0 Å². The van der Waals surface area contributed by atoms with Crippen LogP contribution in [0.1, 0.15) is 0 Å². The molecule has 0 saturated heterocycles. The van der Waals surface area contributed by atoms with Crippen LogP contribution in [0.3, 0.4) is 0 Å². The Labute approximate surface area is 142 Å². The molecule has 0 N–H and O–H groups in total. The fourth-order valence-electron chi connectivity index (χ4n) is 1.44. The molecule has 0 aromatic heterocycles. The van der Waals surface area contributed by atoms with Crippen molar-refractivity contribution in [2.75, 3.05) is 20.3 Å². The summed E-state index contributed by atoms with van der Waals surface area (Å²) in [5, 5.41) is 0. The lowest BCUT2D eigenvalue weighted by molar-refractivity contribution is -0.428. The molecule has 0 aliphatic carbocycles. The molecule has 0 rings (SSSR count). The Hall–Kier alpha value is -1.67. The monoisotopic (exact) mass is 430 g/mol. The van der Waals surface area contributed by atoms with Gasteiger partial charge in [0.15, 0.2) is 6.61 Å². The Morgan fingerprint density at radius 1 is 0.741 bits per heavy atom. The Kier molecular flexibility index (Phi) is 6.93. The second-order valence-electron chi connectivity index (χ2n) is 4.95. The highest BCUT2D eigenvalue weighted by Crippen LogP contribution is 2.59. The first-order chi connectivity index (χ1) is 11.8. The average molecular weight is 430 g/mol. The number of alkyl halides is 12. The van der Waals surface area contributed by atoms with Crippen molar-refractivity contribution in [3.05, 3.63) is 12.7 Å². The molecule has 0 saturated carbocycles. The topological polar surface area (TPSA) is 35.5 Å². The summed E-state index contributed by atoms with van der Waals surface area (Å²) in [7, 11) is 0.261. The Bertz CT molecular complexity index is 558. The molecular formula is C12H10F12O3. The van der Waals surface area contributed by atoms with Crippen molar-refractivity contribution >= 4 is 5.97 Å². The lowest BCUT2D eigenvalue weighted by Gasteiger charge is -2.41. The van der Waals surface area contributed by atoms with Gasteiger partial charge in [0.1, 0.15) is 6.61 Å². The van der Waals surface area contributed by atoms with E-state index < -0.39 is 54.7 Å². The fourth-order valence-corrected chi connectivity index (χ4v) is 1.44. The van der Waals surface area contributed by atoms with E-state index >= 15 is 0 Å². The van der Waals surface area contributed by atoms with Crippen molar-refractivity contribution in [3.63, 3.8) is 0 Å². The summed E-state index contributed by atoms with van der Waals surface area (Å²) < 4.78 is 166. The second-order valence-corrected chi connectivity index (χ2v) is 4.95. The molecule has 27 heavy (non-hydrogen) atoms. The van der Waals surface area contributed by atoms with E-state index in [1.54, 1.807) is 0 Å². The number of ether oxygens (including phenoxy) is 2. The molecule has 0 aromatic rings. The molecule has 0 heterocycles. The van der Waals surface area contributed by atoms with Crippen LogP contribution in [0.2, 0.25) is 0 Å². The van der Waals surface area contributed by atoms with Gasteiger partial charge in [-0.3, -0.25) is 0 Å². The highest BCUT2D eigenvalue weighted by atomic mass is 19.4. The molecule has 0 aliphatic rings. The SMILES string of the molecule is C=CC(=O)OCC(F)(F)C(F)(F)C(F)(F)C(F)(F)C(F)(F)C(F)(F)COC. The van der Waals surface area contributed by atoms with E-state index in [1.165, 1.54) is 0 Å². The van der Waals surface area contributed by atoms with E-state index in [2.05, 4.69) is 16.1 Å². The van der Waals surface area contributed by atoms with Gasteiger partial charge in [0, 0.05) is 13.2 Å². The maximum Gasteiger partial charge on any atom is 0.384 e. The fraction of sp³-hybridized carbons (Fsp3) is 0.750. The third-order valence-electron chi connectivity index (χ3n) is 2.99. The maximum atomic E-state index is 13.4. The lowest BCUT2D eigenvalue weighted by Crippen LogP contribution is -2.71. The minimum Gasteiger partial charge on any atom is -0.456 e. The predicted octanol–water partition coefficient (Wildman–Crippen LogP) is 4.17. The average Bonchev–Trinajstić information content (AvgIpc) is 2.51. The number of esters is 1. The van der Waals surface area contributed by atoms with Crippen LogP contribution >= 0.6 is 0 Å². The van der Waals surface area contributed by atoms with E-state index in [0.29, 0.717) is 0 Å². The van der Waals surface area contributed by atoms with Gasteiger partial charge < -0.3 is 9.47 Å². The Morgan fingerprint density at radius 2 is 1.07 bits per heavy atom. The number of halogens is 12. The number of rotatable bonds is 10. The minimum atomic E-state index is -7.72. The largest absolute Gasteiger partial charge is 0.456 e. The zero-order valence-corrected chi connectivity index (χ0v) is 13.0. The van der Waals surface area contributed by atoms with Crippen molar-refractivity contribution in [3.8, 4) is 0 Å². The van der Waals surface area contributed by atoms with E-state index in [-0.39, 0.29) is 13.2 Å². The van der Waals surface area contributed by atoms with Crippen LogP contribution in [-0.2, 0) is 14.3 Å². The van der Waals surface area contributed by atoms with Crippen molar-refractivity contribution < 1.29 is 67.0 Å². The normalized spacial score (nSPS) is 14.9. The zero-order valence-electron chi connectivity index (χ0n) is 13.0. The molecule has 0 atom stereocenters. The number of carbonyl (C=O) groups is 1. The number of hydrogen-bond donors (Lipinski definition) is 0. The van der Waals surface area contributed by atoms with Gasteiger partial charge >= 0.3 is 41.5 Å².